The van der Waals surface area contributed by atoms with E-state index in [1.54, 1.807) is 32.6 Å². The summed E-state index contributed by atoms with van der Waals surface area (Å²) in [6, 6.07) is -0.561. The van der Waals surface area contributed by atoms with Crippen molar-refractivity contribution in [2.45, 2.75) is 13.0 Å². The van der Waals surface area contributed by atoms with Crippen LogP contribution in [0.3, 0.4) is 0 Å². The molecule has 0 aliphatic carbocycles. The van der Waals surface area contributed by atoms with Crippen LogP contribution in [0.15, 0.2) is 9.59 Å². The van der Waals surface area contributed by atoms with E-state index in [-0.39, 0.29) is 11.4 Å². The number of aryl methyl sites for hydroxylation is 1. The molecule has 9 heteroatoms. The second kappa shape index (κ2) is 5.28. The zero-order valence-electron chi connectivity index (χ0n) is 12.4. The molecular formula is C12H16IN5O3. The van der Waals surface area contributed by atoms with Crippen LogP contribution >= 0.6 is 22.6 Å². The molecule has 1 amide bonds. The molecule has 0 radical (unpaired) electrons. The Morgan fingerprint density at radius 1 is 1.24 bits per heavy atom. The standard InChI is InChI=1S/C12H16IN5O3/c1-6(9(19)15(2)3)18-8-7(14-11(18)13)10(20)17(5)12(21)16(8)4/h6H,1-5H3/t6-/m0/s1. The van der Waals surface area contributed by atoms with E-state index >= 15 is 0 Å². The van der Waals surface area contributed by atoms with E-state index in [1.807, 2.05) is 22.6 Å². The molecule has 2 heterocycles. The van der Waals surface area contributed by atoms with Crippen molar-refractivity contribution in [3.05, 3.63) is 24.7 Å². The molecule has 2 rings (SSSR count). The van der Waals surface area contributed by atoms with Crippen molar-refractivity contribution < 1.29 is 4.79 Å². The lowest BCUT2D eigenvalue weighted by atomic mass is 10.3. The third kappa shape index (κ3) is 2.28. The Hall–Kier alpha value is -1.65. The summed E-state index contributed by atoms with van der Waals surface area (Å²) in [5.74, 6) is -0.139. The first-order valence-corrected chi connectivity index (χ1v) is 7.31. The lowest BCUT2D eigenvalue weighted by molar-refractivity contribution is -0.131. The Labute approximate surface area is 134 Å². The van der Waals surface area contributed by atoms with Crippen LogP contribution in [0.1, 0.15) is 13.0 Å². The molecule has 21 heavy (non-hydrogen) atoms. The van der Waals surface area contributed by atoms with E-state index in [9.17, 15) is 14.4 Å². The van der Waals surface area contributed by atoms with Gasteiger partial charge in [0.2, 0.25) is 5.91 Å². The number of imidazole rings is 1. The van der Waals surface area contributed by atoms with Crippen molar-refractivity contribution in [3.8, 4) is 0 Å². The molecule has 0 saturated heterocycles. The highest BCUT2D eigenvalue weighted by molar-refractivity contribution is 14.1. The number of nitrogens with zero attached hydrogens (tertiary/aromatic N) is 5. The number of carbonyl (C=O) groups excluding carboxylic acids is 1. The fourth-order valence-electron chi connectivity index (χ4n) is 2.25. The van der Waals surface area contributed by atoms with E-state index < -0.39 is 17.3 Å². The third-order valence-corrected chi connectivity index (χ3v) is 4.19. The first kappa shape index (κ1) is 15.7. The summed E-state index contributed by atoms with van der Waals surface area (Å²) in [6.45, 7) is 1.72. The van der Waals surface area contributed by atoms with Crippen molar-refractivity contribution in [1.82, 2.24) is 23.6 Å². The van der Waals surface area contributed by atoms with Crippen molar-refractivity contribution in [3.63, 3.8) is 0 Å². The minimum atomic E-state index is -0.561. The second-order valence-corrected chi connectivity index (χ2v) is 6.00. The maximum Gasteiger partial charge on any atom is 0.332 e. The van der Waals surface area contributed by atoms with Gasteiger partial charge in [-0.25, -0.2) is 9.78 Å². The number of aromatic nitrogens is 4. The summed E-state index contributed by atoms with van der Waals surface area (Å²) in [6.07, 6.45) is 0. The number of halogens is 1. The quantitative estimate of drug-likeness (QED) is 0.507. The third-order valence-electron chi connectivity index (χ3n) is 3.43. The Balaban J connectivity index is 2.89. The smallest absolute Gasteiger partial charge is 0.332 e. The minimum Gasteiger partial charge on any atom is -0.347 e. The molecule has 8 nitrogen and oxygen atoms in total. The van der Waals surface area contributed by atoms with Crippen LogP contribution in [-0.4, -0.2) is 43.6 Å². The van der Waals surface area contributed by atoms with Gasteiger partial charge in [0, 0.05) is 50.8 Å². The number of rotatable bonds is 2. The highest BCUT2D eigenvalue weighted by Crippen LogP contribution is 2.20. The van der Waals surface area contributed by atoms with Crippen molar-refractivity contribution >= 4 is 39.7 Å². The van der Waals surface area contributed by atoms with Crippen LogP contribution < -0.4 is 11.2 Å². The van der Waals surface area contributed by atoms with E-state index in [2.05, 4.69) is 4.98 Å². The van der Waals surface area contributed by atoms with E-state index in [0.29, 0.717) is 9.48 Å². The monoisotopic (exact) mass is 405 g/mol. The molecule has 0 unspecified atom stereocenters. The Bertz CT molecular complexity index is 845. The number of amides is 1. The first-order valence-electron chi connectivity index (χ1n) is 6.23. The predicted octanol–water partition coefficient (Wildman–Crippen LogP) is -0.313. The second-order valence-electron chi connectivity index (χ2n) is 5.04. The van der Waals surface area contributed by atoms with E-state index in [4.69, 9.17) is 0 Å². The molecule has 0 bridgehead atoms. The average molecular weight is 405 g/mol. The number of carbonyl (C=O) groups is 1. The lowest BCUT2D eigenvalue weighted by Crippen LogP contribution is -2.38. The van der Waals surface area contributed by atoms with E-state index in [1.165, 1.54) is 16.5 Å². The van der Waals surface area contributed by atoms with Gasteiger partial charge in [-0.2, -0.15) is 0 Å². The molecule has 0 fully saturated rings. The summed E-state index contributed by atoms with van der Waals surface area (Å²) < 4.78 is 4.45. The number of hydrogen-bond acceptors (Lipinski definition) is 4. The van der Waals surface area contributed by atoms with Gasteiger partial charge in [-0.05, 0) is 6.92 Å². The van der Waals surface area contributed by atoms with Crippen LogP contribution in [0.25, 0.3) is 11.2 Å². The molecule has 0 aliphatic rings. The van der Waals surface area contributed by atoms with Crippen LogP contribution in [-0.2, 0) is 18.9 Å². The number of likely N-dealkylation sites (N-methyl/N-ethyl adjacent to an activating group) is 1. The van der Waals surface area contributed by atoms with Gasteiger partial charge in [0.1, 0.15) is 6.04 Å². The molecule has 2 aromatic rings. The van der Waals surface area contributed by atoms with Gasteiger partial charge in [-0.3, -0.25) is 23.3 Å². The zero-order chi connectivity index (χ0) is 16.1. The molecule has 114 valence electrons. The van der Waals surface area contributed by atoms with Gasteiger partial charge < -0.3 is 4.90 Å². The fourth-order valence-corrected chi connectivity index (χ4v) is 3.14. The Kier molecular flexibility index (Phi) is 3.95. The van der Waals surface area contributed by atoms with Crippen molar-refractivity contribution in [1.29, 1.82) is 0 Å². The average Bonchev–Trinajstić information content (AvgIpc) is 2.78. The Morgan fingerprint density at radius 3 is 2.33 bits per heavy atom. The summed E-state index contributed by atoms with van der Waals surface area (Å²) in [5, 5.41) is 0. The first-order chi connectivity index (χ1) is 9.68. The van der Waals surface area contributed by atoms with Crippen molar-refractivity contribution in [2.24, 2.45) is 14.1 Å². The van der Waals surface area contributed by atoms with Gasteiger partial charge in [-0.1, -0.05) is 0 Å². The molecular weight excluding hydrogens is 389 g/mol. The van der Waals surface area contributed by atoms with E-state index in [0.717, 1.165) is 4.57 Å². The molecule has 0 N–H and O–H groups in total. The molecule has 2 aromatic heterocycles. The number of fused-ring (bicyclic) bond motifs is 1. The van der Waals surface area contributed by atoms with Gasteiger partial charge >= 0.3 is 5.69 Å². The largest absolute Gasteiger partial charge is 0.347 e. The lowest BCUT2D eigenvalue weighted by Gasteiger charge is -2.20. The van der Waals surface area contributed by atoms with Gasteiger partial charge in [0.05, 0.1) is 0 Å². The zero-order valence-corrected chi connectivity index (χ0v) is 14.6. The van der Waals surface area contributed by atoms with Crippen LogP contribution in [0, 0.1) is 3.83 Å². The summed E-state index contributed by atoms with van der Waals surface area (Å²) in [4.78, 5) is 42.1. The summed E-state index contributed by atoms with van der Waals surface area (Å²) in [7, 11) is 6.28. The molecule has 0 spiro atoms. The SMILES string of the molecule is C[C@@H](C(=O)N(C)C)n1c(I)nc2c(=O)n(C)c(=O)n(C)c21. The molecule has 0 aromatic carbocycles. The topological polar surface area (TPSA) is 82.1 Å². The maximum atomic E-state index is 12.2. The van der Waals surface area contributed by atoms with Gasteiger partial charge in [-0.15, -0.1) is 0 Å². The van der Waals surface area contributed by atoms with Gasteiger partial charge in [0.25, 0.3) is 5.56 Å². The van der Waals surface area contributed by atoms with Crippen LogP contribution in [0.2, 0.25) is 0 Å². The van der Waals surface area contributed by atoms with Crippen molar-refractivity contribution in [2.75, 3.05) is 14.1 Å². The summed E-state index contributed by atoms with van der Waals surface area (Å²) >= 11 is 1.96. The fraction of sp³-hybridized carbons (Fsp3) is 0.500. The summed E-state index contributed by atoms with van der Waals surface area (Å²) in [5.41, 5.74) is -0.374. The maximum absolute atomic E-state index is 12.2. The van der Waals surface area contributed by atoms with Crippen LogP contribution in [0.5, 0.6) is 0 Å². The Morgan fingerprint density at radius 2 is 1.81 bits per heavy atom. The highest BCUT2D eigenvalue weighted by Gasteiger charge is 2.25. The van der Waals surface area contributed by atoms with Crippen LogP contribution in [0.4, 0.5) is 0 Å². The minimum absolute atomic E-state index is 0.139. The normalized spacial score (nSPS) is 12.7. The predicted molar refractivity (Wildman–Crippen MR) is 86.3 cm³/mol. The molecule has 0 aliphatic heterocycles. The van der Waals surface area contributed by atoms with Gasteiger partial charge in [0.15, 0.2) is 15.0 Å². The molecule has 1 atom stereocenters. The molecule has 0 saturated carbocycles. The number of hydrogen-bond donors (Lipinski definition) is 0. The highest BCUT2D eigenvalue weighted by atomic mass is 127.